The van der Waals surface area contributed by atoms with Gasteiger partial charge in [-0.15, -0.1) is 11.8 Å². The first-order valence-corrected chi connectivity index (χ1v) is 33.6. The second-order valence-corrected chi connectivity index (χ2v) is 27.6. The van der Waals surface area contributed by atoms with Crippen LogP contribution in [-0.4, -0.2) is 83.0 Å². The highest BCUT2D eigenvalue weighted by Crippen LogP contribution is 2.29. The summed E-state index contributed by atoms with van der Waals surface area (Å²) >= 11 is 7.17. The van der Waals surface area contributed by atoms with Gasteiger partial charge in [-0.25, -0.2) is 49.6 Å². The molecule has 12 aromatic rings. The van der Waals surface area contributed by atoms with E-state index in [2.05, 4.69) is 40.9 Å². The van der Waals surface area contributed by atoms with Crippen molar-refractivity contribution in [3.05, 3.63) is 263 Å². The number of aryl methyl sites for hydroxylation is 3. The molecule has 6 heterocycles. The number of furan rings is 1. The Bertz CT molecular complexity index is 5010. The van der Waals surface area contributed by atoms with Gasteiger partial charge in [0.05, 0.1) is 46.7 Å². The van der Waals surface area contributed by atoms with Gasteiger partial charge in [-0.3, -0.25) is 28.2 Å². The Kier molecular flexibility index (Phi) is 19.3. The number of amides is 3. The molecule has 12 rings (SSSR count). The number of hydrogen-bond donors (Lipinski definition) is 3. The lowest BCUT2D eigenvalue weighted by molar-refractivity contribution is 0.0922. The van der Waals surface area contributed by atoms with Gasteiger partial charge in [-0.1, -0.05) is 60.1 Å². The van der Waals surface area contributed by atoms with Crippen molar-refractivity contribution in [2.45, 2.75) is 74.7 Å². The number of hydrogen-bond acceptors (Lipinski definition) is 16. The molecule has 0 aliphatic heterocycles. The maximum absolute atomic E-state index is 14.0. The number of imidazole rings is 2. The van der Waals surface area contributed by atoms with E-state index < -0.39 is 41.2 Å². The van der Waals surface area contributed by atoms with Crippen molar-refractivity contribution in [3.63, 3.8) is 0 Å². The van der Waals surface area contributed by atoms with E-state index in [1.54, 1.807) is 150 Å². The smallest absolute Gasteiger partial charge is 0.287 e. The lowest BCUT2D eigenvalue weighted by Gasteiger charge is -2.10. The van der Waals surface area contributed by atoms with Crippen LogP contribution in [0, 0.1) is 26.6 Å². The molecule has 0 saturated heterocycles. The number of halogens is 2. The second kappa shape index (κ2) is 27.4. The molecule has 26 heteroatoms. The molecule has 3 amide bonds. The molecule has 0 spiro atoms. The summed E-state index contributed by atoms with van der Waals surface area (Å²) in [4.78, 5) is 58.5. The SMILES string of the molecule is CSc1ccc(S(=O)(=O)c2ccc(CNC(=O)c3cc4ccncc4o3)cc2)cc1F.Cc1cc(C)cc(S(=O)(=O)c2ccc(CNC(=O)c3cnc4nccn4c3)cc2)c1.Cc1ccc(Cl)cc1S(=O)(=O)c1ccc(CNC(=O)c2cnc3nccn3c2)cc1. The van der Waals surface area contributed by atoms with Gasteiger partial charge in [0.1, 0.15) is 5.82 Å². The van der Waals surface area contributed by atoms with Crippen LogP contribution in [0.4, 0.5) is 4.39 Å². The Balaban J connectivity index is 0.000000150. The highest BCUT2D eigenvalue weighted by molar-refractivity contribution is 7.98. The predicted molar refractivity (Wildman–Crippen MR) is 339 cm³/mol. The molecule has 6 aromatic heterocycles. The molecular weight excluding hydrogens is 1260 g/mol. The molecule has 20 nitrogen and oxygen atoms in total. The van der Waals surface area contributed by atoms with Crippen molar-refractivity contribution in [2.24, 2.45) is 0 Å². The second-order valence-electron chi connectivity index (χ2n) is 20.5. The van der Waals surface area contributed by atoms with Gasteiger partial charge in [-0.2, -0.15) is 0 Å². The van der Waals surface area contributed by atoms with Crippen LogP contribution in [0.25, 0.3) is 22.5 Å². The topological polar surface area (TPSA) is 276 Å². The Morgan fingerprint density at radius 3 is 1.51 bits per heavy atom. The molecule has 462 valence electrons. The third-order valence-electron chi connectivity index (χ3n) is 14.0. The van der Waals surface area contributed by atoms with Crippen molar-refractivity contribution in [1.29, 1.82) is 0 Å². The summed E-state index contributed by atoms with van der Waals surface area (Å²) in [5, 5.41) is 9.48. The Hall–Kier alpha value is -9.92. The summed E-state index contributed by atoms with van der Waals surface area (Å²) in [6.07, 6.45) is 17.7. The minimum Gasteiger partial charge on any atom is -0.449 e. The summed E-state index contributed by atoms with van der Waals surface area (Å²) in [5.74, 6) is -0.329. The number of rotatable bonds is 16. The number of nitrogens with one attached hydrogen (secondary N) is 3. The molecule has 0 radical (unpaired) electrons. The monoisotopic (exact) mass is 1320 g/mol. The number of benzene rings is 6. The molecule has 0 atom stereocenters. The van der Waals surface area contributed by atoms with Crippen LogP contribution < -0.4 is 16.0 Å². The zero-order valence-corrected chi connectivity index (χ0v) is 52.8. The molecule has 3 N–H and O–H groups in total. The summed E-state index contributed by atoms with van der Waals surface area (Å²) in [6.45, 7) is 6.17. The zero-order valence-electron chi connectivity index (χ0n) is 48.8. The molecule has 91 heavy (non-hydrogen) atoms. The summed E-state index contributed by atoms with van der Waals surface area (Å²) in [6, 6.07) is 36.3. The minimum atomic E-state index is -3.85. The maximum atomic E-state index is 14.0. The van der Waals surface area contributed by atoms with Gasteiger partial charge >= 0.3 is 0 Å². The lowest BCUT2D eigenvalue weighted by atomic mass is 10.2. The van der Waals surface area contributed by atoms with E-state index >= 15 is 0 Å². The predicted octanol–water partition coefficient (Wildman–Crippen LogP) is 11.0. The number of thioether (sulfide) groups is 1. The van der Waals surface area contributed by atoms with Crippen LogP contribution in [0.1, 0.15) is 64.7 Å². The van der Waals surface area contributed by atoms with Crippen molar-refractivity contribution in [2.75, 3.05) is 6.26 Å². The molecular formula is C65H54ClFN10O10S4. The van der Waals surface area contributed by atoms with Crippen LogP contribution in [-0.2, 0) is 49.1 Å². The number of fused-ring (bicyclic) bond motifs is 3. The van der Waals surface area contributed by atoms with Crippen molar-refractivity contribution >= 4 is 93.1 Å². The Morgan fingerprint density at radius 2 is 1.01 bits per heavy atom. The van der Waals surface area contributed by atoms with Crippen LogP contribution in [0.3, 0.4) is 0 Å². The normalized spacial score (nSPS) is 11.5. The third-order valence-corrected chi connectivity index (χ3v) is 20.4. The van der Waals surface area contributed by atoms with E-state index in [4.69, 9.17) is 16.0 Å². The highest BCUT2D eigenvalue weighted by atomic mass is 35.5. The molecule has 0 saturated carbocycles. The van der Waals surface area contributed by atoms with Crippen molar-refractivity contribution < 1.29 is 48.4 Å². The van der Waals surface area contributed by atoms with Crippen LogP contribution >= 0.6 is 23.4 Å². The average molecular weight is 1320 g/mol. The first kappa shape index (κ1) is 64.1. The van der Waals surface area contributed by atoms with Crippen LogP contribution in [0.5, 0.6) is 0 Å². The van der Waals surface area contributed by atoms with E-state index in [1.807, 2.05) is 19.9 Å². The lowest BCUT2D eigenvalue weighted by Crippen LogP contribution is -2.23. The third kappa shape index (κ3) is 15.1. The molecule has 0 unspecified atom stereocenters. The summed E-state index contributed by atoms with van der Waals surface area (Å²) in [7, 11) is -11.1. The summed E-state index contributed by atoms with van der Waals surface area (Å²) in [5.41, 5.74) is 6.01. The summed E-state index contributed by atoms with van der Waals surface area (Å²) < 4.78 is 100.0. The van der Waals surface area contributed by atoms with Crippen LogP contribution in [0.2, 0.25) is 5.02 Å². The average Bonchev–Trinajstić information content (AvgIpc) is 2.26. The van der Waals surface area contributed by atoms with Gasteiger partial charge < -0.3 is 20.4 Å². The quantitative estimate of drug-likeness (QED) is 0.0758. The first-order valence-electron chi connectivity index (χ1n) is 27.5. The largest absolute Gasteiger partial charge is 0.449 e. The minimum absolute atomic E-state index is 0.0451. The van der Waals surface area contributed by atoms with E-state index in [0.29, 0.717) is 49.3 Å². The van der Waals surface area contributed by atoms with Gasteiger partial charge in [-0.05, 0) is 151 Å². The standard InChI is InChI=1S/C22H17FN2O4S2.C22H20N4O3S.C21H17ClN4O3S/c1-30-21-7-6-17(11-18(21)23)31(27,28)16-4-2-14(3-5-16)12-25-22(26)19-10-15-8-9-24-13-20(15)29-19;1-15-9-16(2)11-20(10-15)30(28,29)19-5-3-17(4-6-19)12-24-21(27)18-13-25-22-23-7-8-26(22)14-18;1-14-2-5-17(22)10-19(14)30(28,29)18-6-3-15(4-7-18)11-24-20(27)16-12-25-21-23-8-9-26(21)13-16/h2-11,13H,12H2,1H3,(H,25,26);3-11,13-14H,12H2,1-2H3,(H,24,27);2-10,12-13H,11H2,1H3,(H,24,27). The number of sulfone groups is 3. The van der Waals surface area contributed by atoms with Crippen LogP contribution in [0.15, 0.2) is 240 Å². The fourth-order valence-corrected chi connectivity index (χ4v) is 14.2. The van der Waals surface area contributed by atoms with Gasteiger partial charge in [0.2, 0.25) is 41.1 Å². The number of aromatic nitrogens is 7. The Labute approximate surface area is 531 Å². The molecule has 6 aromatic carbocycles. The van der Waals surface area contributed by atoms with E-state index in [0.717, 1.165) is 33.7 Å². The van der Waals surface area contributed by atoms with Gasteiger partial charge in [0.15, 0.2) is 11.3 Å². The van der Waals surface area contributed by atoms with E-state index in [1.165, 1.54) is 72.8 Å². The van der Waals surface area contributed by atoms with Gasteiger partial charge in [0, 0.05) is 90.7 Å². The molecule has 0 aliphatic rings. The number of carbonyl (C=O) groups excluding carboxylic acids is 3. The van der Waals surface area contributed by atoms with Gasteiger partial charge in [0.25, 0.3) is 17.7 Å². The highest BCUT2D eigenvalue weighted by Gasteiger charge is 2.23. The fraction of sp³-hybridized carbons (Fsp3) is 0.108. The van der Waals surface area contributed by atoms with Crippen molar-refractivity contribution in [1.82, 2.24) is 49.7 Å². The molecule has 0 fully saturated rings. The fourth-order valence-electron chi connectivity index (χ4n) is 9.23. The van der Waals surface area contributed by atoms with Crippen molar-refractivity contribution in [3.8, 4) is 0 Å². The number of pyridine rings is 1. The molecule has 0 bridgehead atoms. The number of nitrogens with zero attached hydrogens (tertiary/aromatic N) is 7. The number of carbonyl (C=O) groups is 3. The maximum Gasteiger partial charge on any atom is 0.287 e. The first-order chi connectivity index (χ1) is 43.5. The Morgan fingerprint density at radius 1 is 0.527 bits per heavy atom. The van der Waals surface area contributed by atoms with E-state index in [9.17, 15) is 44.0 Å². The zero-order chi connectivity index (χ0) is 64.6. The molecule has 0 aliphatic carbocycles. The van der Waals surface area contributed by atoms with E-state index in [-0.39, 0.29) is 66.6 Å².